The van der Waals surface area contributed by atoms with E-state index < -0.39 is 23.6 Å². The van der Waals surface area contributed by atoms with Crippen LogP contribution >= 0.6 is 0 Å². The third-order valence-electron chi connectivity index (χ3n) is 2.99. The highest BCUT2D eigenvalue weighted by atomic mass is 19.1. The monoisotopic (exact) mass is 288 g/mol. The first-order valence-corrected chi connectivity index (χ1v) is 6.23. The van der Waals surface area contributed by atoms with E-state index in [9.17, 15) is 14.0 Å². The number of nitrogens with one attached hydrogen (secondary N) is 1. The van der Waals surface area contributed by atoms with E-state index in [-0.39, 0.29) is 5.69 Å². The number of aromatic nitrogens is 1. The maximum absolute atomic E-state index is 12.8. The van der Waals surface area contributed by atoms with E-state index in [4.69, 9.17) is 5.11 Å². The Bertz CT molecular complexity index is 654. The standard InChI is InChI=1S/C15H13FN2O3/c1-9(15(20)21)10-2-7-13(17-8-10)14(19)18-12-5-3-11(16)4-6-12/h2-9H,1H3,(H,18,19)(H,20,21). The topological polar surface area (TPSA) is 79.3 Å². The van der Waals surface area contributed by atoms with Crippen molar-refractivity contribution >= 4 is 17.6 Å². The van der Waals surface area contributed by atoms with Crippen LogP contribution < -0.4 is 5.32 Å². The molecular weight excluding hydrogens is 275 g/mol. The summed E-state index contributed by atoms with van der Waals surface area (Å²) in [4.78, 5) is 26.7. The van der Waals surface area contributed by atoms with Gasteiger partial charge in [0, 0.05) is 11.9 Å². The second-order valence-corrected chi connectivity index (χ2v) is 4.50. The van der Waals surface area contributed by atoms with E-state index in [1.807, 2.05) is 0 Å². The highest BCUT2D eigenvalue weighted by Gasteiger charge is 2.15. The Kier molecular flexibility index (Phi) is 4.27. The number of rotatable bonds is 4. The maximum Gasteiger partial charge on any atom is 0.310 e. The van der Waals surface area contributed by atoms with E-state index in [0.29, 0.717) is 11.3 Å². The van der Waals surface area contributed by atoms with Gasteiger partial charge in [-0.15, -0.1) is 0 Å². The molecule has 1 aromatic heterocycles. The Morgan fingerprint density at radius 1 is 1.19 bits per heavy atom. The largest absolute Gasteiger partial charge is 0.481 e. The van der Waals surface area contributed by atoms with Crippen molar-refractivity contribution in [3.63, 3.8) is 0 Å². The second kappa shape index (κ2) is 6.13. The summed E-state index contributed by atoms with van der Waals surface area (Å²) in [7, 11) is 0. The van der Waals surface area contributed by atoms with Crippen LogP contribution in [0.2, 0.25) is 0 Å². The molecule has 6 heteroatoms. The number of aliphatic carboxylic acids is 1. The molecule has 0 bridgehead atoms. The number of pyridine rings is 1. The predicted octanol–water partition coefficient (Wildman–Crippen LogP) is 2.66. The lowest BCUT2D eigenvalue weighted by atomic mass is 10.0. The molecule has 1 aromatic carbocycles. The van der Waals surface area contributed by atoms with Crippen molar-refractivity contribution in [2.75, 3.05) is 5.32 Å². The molecule has 0 radical (unpaired) electrons. The van der Waals surface area contributed by atoms with E-state index in [1.165, 1.54) is 43.5 Å². The summed E-state index contributed by atoms with van der Waals surface area (Å²) < 4.78 is 12.8. The Labute approximate surface area is 120 Å². The fraction of sp³-hybridized carbons (Fsp3) is 0.133. The zero-order valence-electron chi connectivity index (χ0n) is 11.2. The number of carboxylic acid groups (broad SMARTS) is 1. The summed E-state index contributed by atoms with van der Waals surface area (Å²) >= 11 is 0. The van der Waals surface area contributed by atoms with E-state index in [2.05, 4.69) is 10.3 Å². The average Bonchev–Trinajstić information content (AvgIpc) is 2.49. The van der Waals surface area contributed by atoms with Gasteiger partial charge >= 0.3 is 5.97 Å². The van der Waals surface area contributed by atoms with E-state index in [1.54, 1.807) is 6.07 Å². The molecule has 0 fully saturated rings. The van der Waals surface area contributed by atoms with Gasteiger partial charge in [-0.1, -0.05) is 6.07 Å². The fourth-order valence-corrected chi connectivity index (χ4v) is 1.67. The summed E-state index contributed by atoms with van der Waals surface area (Å²) in [6, 6.07) is 8.35. The van der Waals surface area contributed by atoms with Crippen LogP contribution in [0.25, 0.3) is 0 Å². The molecule has 0 spiro atoms. The molecule has 1 heterocycles. The van der Waals surface area contributed by atoms with Gasteiger partial charge in [-0.3, -0.25) is 14.6 Å². The Morgan fingerprint density at radius 2 is 1.86 bits per heavy atom. The van der Waals surface area contributed by atoms with Crippen LogP contribution in [0.5, 0.6) is 0 Å². The number of carbonyl (C=O) groups excluding carboxylic acids is 1. The second-order valence-electron chi connectivity index (χ2n) is 4.50. The first kappa shape index (κ1) is 14.6. The number of nitrogens with zero attached hydrogens (tertiary/aromatic N) is 1. The zero-order chi connectivity index (χ0) is 15.4. The molecule has 0 aliphatic rings. The quantitative estimate of drug-likeness (QED) is 0.906. The third-order valence-corrected chi connectivity index (χ3v) is 2.99. The fourth-order valence-electron chi connectivity index (χ4n) is 1.67. The van der Waals surface area contributed by atoms with Gasteiger partial charge in [0.2, 0.25) is 0 Å². The summed E-state index contributed by atoms with van der Waals surface area (Å²) in [6.07, 6.45) is 1.36. The lowest BCUT2D eigenvalue weighted by molar-refractivity contribution is -0.138. The first-order valence-electron chi connectivity index (χ1n) is 6.23. The molecule has 2 aromatic rings. The third kappa shape index (κ3) is 3.62. The number of carbonyl (C=O) groups is 2. The highest BCUT2D eigenvalue weighted by Crippen LogP contribution is 2.15. The number of hydrogen-bond donors (Lipinski definition) is 2. The Balaban J connectivity index is 2.09. The molecule has 2 rings (SSSR count). The van der Waals surface area contributed by atoms with Gasteiger partial charge in [0.15, 0.2) is 0 Å². The van der Waals surface area contributed by atoms with Crippen LogP contribution in [0.3, 0.4) is 0 Å². The molecule has 5 nitrogen and oxygen atoms in total. The van der Waals surface area contributed by atoms with Crippen LogP contribution in [0, 0.1) is 5.82 Å². The van der Waals surface area contributed by atoms with Crippen molar-refractivity contribution in [1.82, 2.24) is 4.98 Å². The van der Waals surface area contributed by atoms with Gasteiger partial charge in [0.25, 0.3) is 5.91 Å². The van der Waals surface area contributed by atoms with Crippen LogP contribution in [0.4, 0.5) is 10.1 Å². The van der Waals surface area contributed by atoms with Gasteiger partial charge in [0.1, 0.15) is 11.5 Å². The predicted molar refractivity (Wildman–Crippen MR) is 74.6 cm³/mol. The van der Waals surface area contributed by atoms with Gasteiger partial charge in [-0.05, 0) is 42.8 Å². The smallest absolute Gasteiger partial charge is 0.310 e. The number of benzene rings is 1. The van der Waals surface area contributed by atoms with Crippen molar-refractivity contribution in [2.24, 2.45) is 0 Å². The molecule has 1 unspecified atom stereocenters. The molecular formula is C15H13FN2O3. The van der Waals surface area contributed by atoms with Crippen LogP contribution in [0.1, 0.15) is 28.9 Å². The van der Waals surface area contributed by atoms with Gasteiger partial charge < -0.3 is 10.4 Å². The van der Waals surface area contributed by atoms with E-state index in [0.717, 1.165) is 0 Å². The number of carboxylic acids is 1. The molecule has 0 saturated heterocycles. The summed E-state index contributed by atoms with van der Waals surface area (Å²) in [5.41, 5.74) is 1.12. The number of halogens is 1. The van der Waals surface area contributed by atoms with Crippen molar-refractivity contribution in [2.45, 2.75) is 12.8 Å². The molecule has 0 aliphatic carbocycles. The minimum atomic E-state index is -0.958. The molecule has 0 saturated carbocycles. The van der Waals surface area contributed by atoms with Gasteiger partial charge in [-0.25, -0.2) is 4.39 Å². The zero-order valence-corrected chi connectivity index (χ0v) is 11.2. The van der Waals surface area contributed by atoms with Crippen LogP contribution in [-0.2, 0) is 4.79 Å². The summed E-state index contributed by atoms with van der Waals surface area (Å²) in [5, 5.41) is 11.5. The number of hydrogen-bond acceptors (Lipinski definition) is 3. The molecule has 1 amide bonds. The normalized spacial score (nSPS) is 11.7. The maximum atomic E-state index is 12.8. The van der Waals surface area contributed by atoms with Crippen molar-refractivity contribution in [3.05, 3.63) is 59.7 Å². The van der Waals surface area contributed by atoms with Gasteiger partial charge in [0.05, 0.1) is 5.92 Å². The van der Waals surface area contributed by atoms with E-state index >= 15 is 0 Å². The minimum absolute atomic E-state index is 0.153. The van der Waals surface area contributed by atoms with Crippen molar-refractivity contribution < 1.29 is 19.1 Å². The SMILES string of the molecule is CC(C(=O)O)c1ccc(C(=O)Nc2ccc(F)cc2)nc1. The van der Waals surface area contributed by atoms with Crippen LogP contribution in [-0.4, -0.2) is 22.0 Å². The average molecular weight is 288 g/mol. The van der Waals surface area contributed by atoms with Crippen LogP contribution in [0.15, 0.2) is 42.6 Å². The number of amides is 1. The first-order chi connectivity index (χ1) is 9.97. The van der Waals surface area contributed by atoms with Crippen molar-refractivity contribution in [3.8, 4) is 0 Å². The molecule has 0 aliphatic heterocycles. The molecule has 2 N–H and O–H groups in total. The number of anilines is 1. The summed E-state index contributed by atoms with van der Waals surface area (Å²) in [5.74, 6) is -2.48. The summed E-state index contributed by atoms with van der Waals surface area (Å²) in [6.45, 7) is 1.54. The lowest BCUT2D eigenvalue weighted by Gasteiger charge is -2.08. The van der Waals surface area contributed by atoms with Gasteiger partial charge in [-0.2, -0.15) is 0 Å². The molecule has 108 valence electrons. The Morgan fingerprint density at radius 3 is 2.38 bits per heavy atom. The highest BCUT2D eigenvalue weighted by molar-refractivity contribution is 6.02. The Hall–Kier alpha value is -2.76. The van der Waals surface area contributed by atoms with Crippen molar-refractivity contribution in [1.29, 1.82) is 0 Å². The lowest BCUT2D eigenvalue weighted by Crippen LogP contribution is -2.14. The molecule has 21 heavy (non-hydrogen) atoms. The molecule has 1 atom stereocenters. The minimum Gasteiger partial charge on any atom is -0.481 e.